The van der Waals surface area contributed by atoms with Gasteiger partial charge in [0, 0.05) is 37.8 Å². The van der Waals surface area contributed by atoms with Gasteiger partial charge < -0.3 is 15.0 Å². The normalized spacial score (nSPS) is 18.9. The summed E-state index contributed by atoms with van der Waals surface area (Å²) in [5.41, 5.74) is 0.393. The first-order valence-corrected chi connectivity index (χ1v) is 7.60. The van der Waals surface area contributed by atoms with E-state index >= 15 is 0 Å². The maximum Gasteiger partial charge on any atom is 0.163 e. The number of piperidine rings is 1. The van der Waals surface area contributed by atoms with Crippen LogP contribution >= 0.6 is 0 Å². The monoisotopic (exact) mass is 298 g/mol. The minimum absolute atomic E-state index is 0.204. The highest BCUT2D eigenvalue weighted by Crippen LogP contribution is 2.22. The number of rotatable bonds is 6. The zero-order valence-electron chi connectivity index (χ0n) is 12.7. The summed E-state index contributed by atoms with van der Waals surface area (Å²) < 4.78 is 32.9. The fraction of sp³-hybridized carbons (Fsp3) is 0.625. The van der Waals surface area contributed by atoms with Gasteiger partial charge in [-0.3, -0.25) is 0 Å². The lowest BCUT2D eigenvalue weighted by atomic mass is 10.0. The number of ether oxygens (including phenoxy) is 1. The van der Waals surface area contributed by atoms with Crippen molar-refractivity contribution in [2.45, 2.75) is 31.9 Å². The van der Waals surface area contributed by atoms with Crippen LogP contribution in [0.4, 0.5) is 8.78 Å². The van der Waals surface area contributed by atoms with E-state index in [0.717, 1.165) is 38.6 Å². The average molecular weight is 298 g/mol. The molecule has 0 spiro atoms. The van der Waals surface area contributed by atoms with Crippen LogP contribution in [0, 0.1) is 11.6 Å². The van der Waals surface area contributed by atoms with Crippen molar-refractivity contribution in [3.8, 4) is 0 Å². The Labute approximate surface area is 125 Å². The van der Waals surface area contributed by atoms with Gasteiger partial charge >= 0.3 is 0 Å². The van der Waals surface area contributed by atoms with Gasteiger partial charge in [0.25, 0.3) is 0 Å². The predicted octanol–water partition coefficient (Wildman–Crippen LogP) is 2.73. The molecule has 0 radical (unpaired) electrons. The molecule has 1 heterocycles. The van der Waals surface area contributed by atoms with E-state index in [1.807, 2.05) is 6.92 Å². The Morgan fingerprint density at radius 1 is 1.33 bits per heavy atom. The van der Waals surface area contributed by atoms with Crippen molar-refractivity contribution in [2.75, 3.05) is 33.3 Å². The summed E-state index contributed by atoms with van der Waals surface area (Å²) in [5, 5.41) is 3.09. The molecule has 1 atom stereocenters. The zero-order chi connectivity index (χ0) is 15.2. The lowest BCUT2D eigenvalue weighted by molar-refractivity contribution is 0.0124. The van der Waals surface area contributed by atoms with Crippen molar-refractivity contribution in [3.05, 3.63) is 35.4 Å². The summed E-state index contributed by atoms with van der Waals surface area (Å²) in [6, 6.07) is 4.15. The minimum atomic E-state index is -0.789. The second kappa shape index (κ2) is 7.82. The molecule has 1 aromatic carbocycles. The summed E-state index contributed by atoms with van der Waals surface area (Å²) in [6.45, 7) is 5.30. The molecule has 1 aliphatic rings. The maximum atomic E-state index is 13.9. The molecule has 1 fully saturated rings. The number of likely N-dealkylation sites (tertiary alicyclic amines) is 1. The first-order valence-electron chi connectivity index (χ1n) is 7.60. The van der Waals surface area contributed by atoms with Gasteiger partial charge in [0.15, 0.2) is 11.6 Å². The molecule has 0 aromatic heterocycles. The average Bonchev–Trinajstić information content (AvgIpc) is 2.50. The van der Waals surface area contributed by atoms with Crippen LogP contribution in [0.25, 0.3) is 0 Å². The minimum Gasteiger partial charge on any atom is -0.378 e. The lowest BCUT2D eigenvalue weighted by Crippen LogP contribution is -2.41. The Morgan fingerprint density at radius 2 is 2.05 bits per heavy atom. The van der Waals surface area contributed by atoms with Gasteiger partial charge in [-0.15, -0.1) is 0 Å². The standard InChI is InChI=1S/C16H24F2N2O/c1-3-21-12-7-9-20(10-8-12)11-15(19-2)13-5-4-6-14(17)16(13)18/h4-6,12,15,19H,3,7-11H2,1-2H3. The predicted molar refractivity (Wildman–Crippen MR) is 79.2 cm³/mol. The van der Waals surface area contributed by atoms with E-state index in [9.17, 15) is 8.78 Å². The number of nitrogens with zero attached hydrogens (tertiary/aromatic N) is 1. The van der Waals surface area contributed by atoms with Gasteiger partial charge in [0.05, 0.1) is 6.10 Å². The van der Waals surface area contributed by atoms with Gasteiger partial charge in [-0.25, -0.2) is 8.78 Å². The Kier molecular flexibility index (Phi) is 6.08. The highest BCUT2D eigenvalue weighted by Gasteiger charge is 2.24. The molecule has 0 saturated carbocycles. The summed E-state index contributed by atoms with van der Waals surface area (Å²) >= 11 is 0. The first kappa shape index (κ1) is 16.3. The number of benzene rings is 1. The molecule has 1 saturated heterocycles. The van der Waals surface area contributed by atoms with Crippen LogP contribution in [0.15, 0.2) is 18.2 Å². The van der Waals surface area contributed by atoms with Gasteiger partial charge in [-0.05, 0) is 32.9 Å². The Hall–Kier alpha value is -1.04. The van der Waals surface area contributed by atoms with Crippen molar-refractivity contribution >= 4 is 0 Å². The maximum absolute atomic E-state index is 13.9. The number of hydrogen-bond donors (Lipinski definition) is 1. The van der Waals surface area contributed by atoms with Crippen molar-refractivity contribution < 1.29 is 13.5 Å². The molecule has 1 aliphatic heterocycles. The summed E-state index contributed by atoms with van der Waals surface area (Å²) in [6.07, 6.45) is 2.33. The topological polar surface area (TPSA) is 24.5 Å². The van der Waals surface area contributed by atoms with Crippen LogP contribution in [0.2, 0.25) is 0 Å². The molecule has 0 amide bonds. The van der Waals surface area contributed by atoms with E-state index in [-0.39, 0.29) is 6.04 Å². The van der Waals surface area contributed by atoms with E-state index in [1.165, 1.54) is 0 Å². The van der Waals surface area contributed by atoms with Crippen molar-refractivity contribution in [1.82, 2.24) is 10.2 Å². The van der Waals surface area contributed by atoms with E-state index < -0.39 is 11.6 Å². The number of hydrogen-bond acceptors (Lipinski definition) is 3. The molecule has 1 aromatic rings. The van der Waals surface area contributed by atoms with Crippen molar-refractivity contribution in [2.24, 2.45) is 0 Å². The Balaban J connectivity index is 1.96. The molecule has 5 heteroatoms. The van der Waals surface area contributed by atoms with Gasteiger partial charge in [-0.1, -0.05) is 12.1 Å². The quantitative estimate of drug-likeness (QED) is 0.874. The second-order valence-electron chi connectivity index (χ2n) is 5.44. The number of likely N-dealkylation sites (N-methyl/N-ethyl adjacent to an activating group) is 1. The molecule has 1 N–H and O–H groups in total. The third-order valence-electron chi connectivity index (χ3n) is 4.08. The molecular weight excluding hydrogens is 274 g/mol. The van der Waals surface area contributed by atoms with E-state index in [0.29, 0.717) is 18.2 Å². The van der Waals surface area contributed by atoms with Crippen LogP contribution < -0.4 is 5.32 Å². The van der Waals surface area contributed by atoms with Gasteiger partial charge in [0.2, 0.25) is 0 Å². The highest BCUT2D eigenvalue weighted by molar-refractivity contribution is 5.23. The number of nitrogens with one attached hydrogen (secondary N) is 1. The molecule has 2 rings (SSSR count). The molecule has 1 unspecified atom stereocenters. The van der Waals surface area contributed by atoms with Crippen LogP contribution in [-0.4, -0.2) is 44.3 Å². The first-order chi connectivity index (χ1) is 10.2. The Morgan fingerprint density at radius 3 is 2.67 bits per heavy atom. The van der Waals surface area contributed by atoms with Crippen LogP contribution in [0.5, 0.6) is 0 Å². The number of halogens is 2. The van der Waals surface area contributed by atoms with Crippen LogP contribution in [0.1, 0.15) is 31.4 Å². The summed E-state index contributed by atoms with van der Waals surface area (Å²) in [4.78, 5) is 2.28. The fourth-order valence-electron chi connectivity index (χ4n) is 2.89. The van der Waals surface area contributed by atoms with Crippen LogP contribution in [-0.2, 0) is 4.74 Å². The van der Waals surface area contributed by atoms with E-state index in [4.69, 9.17) is 4.74 Å². The molecule has 118 valence electrons. The molecule has 21 heavy (non-hydrogen) atoms. The second-order valence-corrected chi connectivity index (χ2v) is 5.44. The molecular formula is C16H24F2N2O. The SMILES string of the molecule is CCOC1CCN(CC(NC)c2cccc(F)c2F)CC1. The fourth-order valence-corrected chi connectivity index (χ4v) is 2.89. The molecule has 3 nitrogen and oxygen atoms in total. The zero-order valence-corrected chi connectivity index (χ0v) is 12.7. The Bertz CT molecular complexity index is 448. The van der Waals surface area contributed by atoms with Gasteiger partial charge in [-0.2, -0.15) is 0 Å². The molecule has 0 bridgehead atoms. The third kappa shape index (κ3) is 4.22. The summed E-state index contributed by atoms with van der Waals surface area (Å²) in [7, 11) is 1.78. The third-order valence-corrected chi connectivity index (χ3v) is 4.08. The van der Waals surface area contributed by atoms with E-state index in [1.54, 1.807) is 19.2 Å². The van der Waals surface area contributed by atoms with Crippen molar-refractivity contribution in [1.29, 1.82) is 0 Å². The van der Waals surface area contributed by atoms with Gasteiger partial charge in [0.1, 0.15) is 0 Å². The van der Waals surface area contributed by atoms with Crippen molar-refractivity contribution in [3.63, 3.8) is 0 Å². The smallest absolute Gasteiger partial charge is 0.163 e. The lowest BCUT2D eigenvalue weighted by Gasteiger charge is -2.34. The molecule has 0 aliphatic carbocycles. The largest absolute Gasteiger partial charge is 0.378 e. The highest BCUT2D eigenvalue weighted by atomic mass is 19.2. The van der Waals surface area contributed by atoms with Crippen LogP contribution in [0.3, 0.4) is 0 Å². The summed E-state index contributed by atoms with van der Waals surface area (Å²) in [5.74, 6) is -1.54. The van der Waals surface area contributed by atoms with E-state index in [2.05, 4.69) is 10.2 Å².